The lowest BCUT2D eigenvalue weighted by Crippen LogP contribution is -2.27. The van der Waals surface area contributed by atoms with Crippen LogP contribution in [0.25, 0.3) is 0 Å². The highest BCUT2D eigenvalue weighted by Crippen LogP contribution is 2.34. The van der Waals surface area contributed by atoms with Gasteiger partial charge in [0.2, 0.25) is 0 Å². The van der Waals surface area contributed by atoms with Crippen molar-refractivity contribution in [1.29, 1.82) is 5.26 Å². The molecule has 0 bridgehead atoms. The van der Waals surface area contributed by atoms with Crippen molar-refractivity contribution in [3.8, 4) is 6.07 Å². The standard InChI is InChI=1S/C8H9ClN4S/c9-7-8(12-14-11-7)13(5-1-4-10)6-2-3-6/h6H,1-3,5H2. The van der Waals surface area contributed by atoms with Gasteiger partial charge in [0.15, 0.2) is 11.0 Å². The molecular formula is C8H9ClN4S. The summed E-state index contributed by atoms with van der Waals surface area (Å²) in [6.07, 6.45) is 2.84. The first-order valence-corrected chi connectivity index (χ1v) is 5.55. The normalized spacial score (nSPS) is 15.1. The van der Waals surface area contributed by atoms with Crippen LogP contribution in [-0.2, 0) is 0 Å². The van der Waals surface area contributed by atoms with Crippen molar-refractivity contribution in [2.24, 2.45) is 0 Å². The van der Waals surface area contributed by atoms with Crippen LogP contribution >= 0.6 is 23.3 Å². The molecule has 0 amide bonds. The predicted octanol–water partition coefficient (Wildman–Crippen LogP) is 2.07. The number of anilines is 1. The SMILES string of the molecule is N#CCCN(c1nsnc1Cl)C1CC1. The van der Waals surface area contributed by atoms with Crippen LogP contribution in [0.4, 0.5) is 5.82 Å². The molecule has 0 spiro atoms. The maximum absolute atomic E-state index is 8.54. The monoisotopic (exact) mass is 228 g/mol. The van der Waals surface area contributed by atoms with E-state index < -0.39 is 0 Å². The Morgan fingerprint density at radius 2 is 2.36 bits per heavy atom. The largest absolute Gasteiger partial charge is 0.349 e. The number of halogens is 1. The van der Waals surface area contributed by atoms with E-state index >= 15 is 0 Å². The van der Waals surface area contributed by atoms with Crippen LogP contribution < -0.4 is 4.90 Å². The second-order valence-corrected chi connectivity index (χ2v) is 4.10. The summed E-state index contributed by atoms with van der Waals surface area (Å²) < 4.78 is 8.07. The predicted molar refractivity (Wildman–Crippen MR) is 55.5 cm³/mol. The second kappa shape index (κ2) is 4.11. The topological polar surface area (TPSA) is 52.8 Å². The van der Waals surface area contributed by atoms with Gasteiger partial charge in [-0.1, -0.05) is 11.6 Å². The Hall–Kier alpha value is -0.860. The molecule has 2 rings (SSSR count). The highest BCUT2D eigenvalue weighted by molar-refractivity contribution is 6.99. The van der Waals surface area contributed by atoms with E-state index in [1.807, 2.05) is 0 Å². The first kappa shape index (κ1) is 9.69. The highest BCUT2D eigenvalue weighted by atomic mass is 35.5. The summed E-state index contributed by atoms with van der Waals surface area (Å²) in [5.41, 5.74) is 0. The molecule has 0 saturated heterocycles. The van der Waals surface area contributed by atoms with Crippen molar-refractivity contribution in [3.63, 3.8) is 0 Å². The summed E-state index contributed by atoms with van der Waals surface area (Å²) in [5.74, 6) is 0.745. The fraction of sp³-hybridized carbons (Fsp3) is 0.625. The quantitative estimate of drug-likeness (QED) is 0.792. The minimum atomic E-state index is 0.458. The molecular weight excluding hydrogens is 220 g/mol. The van der Waals surface area contributed by atoms with Gasteiger partial charge in [0.25, 0.3) is 0 Å². The maximum atomic E-state index is 8.54. The van der Waals surface area contributed by atoms with Gasteiger partial charge in [-0.25, -0.2) is 0 Å². The van der Waals surface area contributed by atoms with Crippen LogP contribution in [0.1, 0.15) is 19.3 Å². The third-order valence-corrected chi connectivity index (χ3v) is 3.03. The Morgan fingerprint density at radius 1 is 1.57 bits per heavy atom. The maximum Gasteiger partial charge on any atom is 0.187 e. The van der Waals surface area contributed by atoms with Crippen LogP contribution in [0.3, 0.4) is 0 Å². The van der Waals surface area contributed by atoms with Gasteiger partial charge < -0.3 is 4.90 Å². The fourth-order valence-electron chi connectivity index (χ4n) is 1.36. The molecule has 1 aromatic rings. The van der Waals surface area contributed by atoms with Crippen molar-refractivity contribution in [3.05, 3.63) is 5.15 Å². The zero-order chi connectivity index (χ0) is 9.97. The lowest BCUT2D eigenvalue weighted by atomic mass is 10.4. The van der Waals surface area contributed by atoms with Gasteiger partial charge in [0, 0.05) is 12.6 Å². The molecule has 1 fully saturated rings. The lowest BCUT2D eigenvalue weighted by molar-refractivity contribution is 0.783. The molecule has 1 aliphatic rings. The zero-order valence-corrected chi connectivity index (χ0v) is 9.05. The van der Waals surface area contributed by atoms with Crippen LogP contribution in [0.2, 0.25) is 5.15 Å². The van der Waals surface area contributed by atoms with Crippen LogP contribution in [0.5, 0.6) is 0 Å². The molecule has 0 aliphatic heterocycles. The van der Waals surface area contributed by atoms with E-state index in [4.69, 9.17) is 16.9 Å². The molecule has 6 heteroatoms. The van der Waals surface area contributed by atoms with Gasteiger partial charge >= 0.3 is 0 Å². The van der Waals surface area contributed by atoms with E-state index in [9.17, 15) is 0 Å². The van der Waals surface area contributed by atoms with Gasteiger partial charge in [-0.3, -0.25) is 0 Å². The number of hydrogen-bond donors (Lipinski definition) is 0. The van der Waals surface area contributed by atoms with Crippen molar-refractivity contribution >= 4 is 29.1 Å². The Morgan fingerprint density at radius 3 is 2.86 bits per heavy atom. The van der Waals surface area contributed by atoms with E-state index in [0.29, 0.717) is 24.2 Å². The summed E-state index contributed by atoms with van der Waals surface area (Å²) >= 11 is 7.01. The van der Waals surface area contributed by atoms with Gasteiger partial charge in [-0.15, -0.1) is 0 Å². The number of nitrogens with zero attached hydrogens (tertiary/aromatic N) is 4. The Labute approximate surface area is 91.4 Å². The smallest absolute Gasteiger partial charge is 0.187 e. The minimum absolute atomic E-state index is 0.458. The van der Waals surface area contributed by atoms with Gasteiger partial charge in [-0.2, -0.15) is 14.0 Å². The molecule has 1 aliphatic carbocycles. The van der Waals surface area contributed by atoms with E-state index in [-0.39, 0.29) is 0 Å². The van der Waals surface area contributed by atoms with Crippen LogP contribution in [-0.4, -0.2) is 21.3 Å². The third-order valence-electron chi connectivity index (χ3n) is 2.16. The van der Waals surface area contributed by atoms with Crippen LogP contribution in [0, 0.1) is 11.3 Å². The fourth-order valence-corrected chi connectivity index (χ4v) is 2.12. The van der Waals surface area contributed by atoms with Crippen molar-refractivity contribution in [1.82, 2.24) is 8.75 Å². The average molecular weight is 229 g/mol. The molecule has 1 aromatic heterocycles. The van der Waals surface area contributed by atoms with Crippen molar-refractivity contribution in [2.75, 3.05) is 11.4 Å². The van der Waals surface area contributed by atoms with E-state index in [2.05, 4.69) is 19.7 Å². The Balaban J connectivity index is 2.11. The van der Waals surface area contributed by atoms with E-state index in [0.717, 1.165) is 17.5 Å². The minimum Gasteiger partial charge on any atom is -0.349 e. The number of rotatable bonds is 4. The van der Waals surface area contributed by atoms with Crippen molar-refractivity contribution < 1.29 is 0 Å². The molecule has 0 N–H and O–H groups in total. The van der Waals surface area contributed by atoms with Crippen molar-refractivity contribution in [2.45, 2.75) is 25.3 Å². The first-order chi connectivity index (χ1) is 6.83. The van der Waals surface area contributed by atoms with Gasteiger partial charge in [0.05, 0.1) is 24.2 Å². The second-order valence-electron chi connectivity index (χ2n) is 3.21. The molecule has 4 nitrogen and oxygen atoms in total. The molecule has 1 heterocycles. The average Bonchev–Trinajstić information content (AvgIpc) is 2.92. The number of hydrogen-bond acceptors (Lipinski definition) is 5. The Kier molecular flexibility index (Phi) is 2.85. The molecule has 14 heavy (non-hydrogen) atoms. The summed E-state index contributed by atoms with van der Waals surface area (Å²) in [7, 11) is 0. The zero-order valence-electron chi connectivity index (χ0n) is 7.48. The van der Waals surface area contributed by atoms with Crippen LogP contribution in [0.15, 0.2) is 0 Å². The van der Waals surface area contributed by atoms with Gasteiger partial charge in [0.1, 0.15) is 0 Å². The molecule has 0 aromatic carbocycles. The number of aromatic nitrogens is 2. The summed E-state index contributed by atoms with van der Waals surface area (Å²) in [6, 6.07) is 2.65. The van der Waals surface area contributed by atoms with E-state index in [1.165, 1.54) is 12.8 Å². The Bertz CT molecular complexity index is 354. The molecule has 74 valence electrons. The van der Waals surface area contributed by atoms with Gasteiger partial charge in [-0.05, 0) is 12.8 Å². The number of nitriles is 1. The summed E-state index contributed by atoms with van der Waals surface area (Å²) in [5, 5.41) is 9.00. The molecule has 0 atom stereocenters. The first-order valence-electron chi connectivity index (χ1n) is 4.44. The summed E-state index contributed by atoms with van der Waals surface area (Å²) in [4.78, 5) is 2.09. The molecule has 0 unspecified atom stereocenters. The summed E-state index contributed by atoms with van der Waals surface area (Å²) in [6.45, 7) is 0.701. The molecule has 0 radical (unpaired) electrons. The lowest BCUT2D eigenvalue weighted by Gasteiger charge is -2.19. The van der Waals surface area contributed by atoms with E-state index in [1.54, 1.807) is 0 Å². The third kappa shape index (κ3) is 1.97. The molecule has 1 saturated carbocycles. The highest BCUT2D eigenvalue weighted by Gasteiger charge is 2.31.